The largest absolute Gasteiger partial charge is 0.364 e. The topological polar surface area (TPSA) is 52.0 Å². The van der Waals surface area contributed by atoms with E-state index in [2.05, 4.69) is 25.9 Å². The predicted octanol–water partition coefficient (Wildman–Crippen LogP) is 1.43. The second kappa shape index (κ2) is 2.66. The number of nitrogens with zero attached hydrogens (tertiary/aromatic N) is 1. The standard InChI is InChI=1S/C8H14N2O/c1-8(2,3)6-5-11-10-7(6)4-9/h5H,4,9H2,1-3H3. The zero-order valence-corrected chi connectivity index (χ0v) is 7.22. The van der Waals surface area contributed by atoms with Crippen molar-refractivity contribution < 1.29 is 4.52 Å². The van der Waals surface area contributed by atoms with Crippen molar-refractivity contribution in [1.82, 2.24) is 5.16 Å². The Bertz CT molecular complexity index is 234. The van der Waals surface area contributed by atoms with Gasteiger partial charge in [0.1, 0.15) is 12.0 Å². The first-order valence-corrected chi connectivity index (χ1v) is 3.69. The molecule has 0 aliphatic heterocycles. The van der Waals surface area contributed by atoms with E-state index in [0.717, 1.165) is 11.3 Å². The molecule has 0 aromatic carbocycles. The Morgan fingerprint density at radius 2 is 2.18 bits per heavy atom. The third-order valence-corrected chi connectivity index (χ3v) is 1.65. The van der Waals surface area contributed by atoms with Crippen LogP contribution < -0.4 is 5.73 Å². The first kappa shape index (κ1) is 8.27. The van der Waals surface area contributed by atoms with Gasteiger partial charge in [-0.2, -0.15) is 0 Å². The summed E-state index contributed by atoms with van der Waals surface area (Å²) in [7, 11) is 0. The SMILES string of the molecule is CC(C)(C)c1conc1CN. The van der Waals surface area contributed by atoms with Gasteiger partial charge in [0.05, 0.1) is 0 Å². The average Bonchev–Trinajstić information content (AvgIpc) is 2.31. The Kier molecular flexibility index (Phi) is 2.00. The van der Waals surface area contributed by atoms with Crippen molar-refractivity contribution in [2.45, 2.75) is 32.7 Å². The summed E-state index contributed by atoms with van der Waals surface area (Å²) in [5.74, 6) is 0. The van der Waals surface area contributed by atoms with Crippen LogP contribution in [0, 0.1) is 0 Å². The van der Waals surface area contributed by atoms with Crippen molar-refractivity contribution in [3.63, 3.8) is 0 Å². The average molecular weight is 154 g/mol. The van der Waals surface area contributed by atoms with Crippen molar-refractivity contribution in [2.75, 3.05) is 0 Å². The highest BCUT2D eigenvalue weighted by Crippen LogP contribution is 2.24. The van der Waals surface area contributed by atoms with Gasteiger partial charge in [0, 0.05) is 12.1 Å². The van der Waals surface area contributed by atoms with E-state index in [0.29, 0.717) is 6.54 Å². The van der Waals surface area contributed by atoms with Crippen LogP contribution in [0.3, 0.4) is 0 Å². The summed E-state index contributed by atoms with van der Waals surface area (Å²) in [4.78, 5) is 0. The Morgan fingerprint density at radius 1 is 1.55 bits per heavy atom. The molecule has 0 fully saturated rings. The Balaban J connectivity index is 3.02. The van der Waals surface area contributed by atoms with Crippen LogP contribution in [0.25, 0.3) is 0 Å². The monoisotopic (exact) mass is 154 g/mol. The second-order valence-corrected chi connectivity index (χ2v) is 3.63. The van der Waals surface area contributed by atoms with Gasteiger partial charge in [-0.3, -0.25) is 0 Å². The first-order chi connectivity index (χ1) is 5.05. The van der Waals surface area contributed by atoms with Crippen LogP contribution >= 0.6 is 0 Å². The maximum Gasteiger partial charge on any atom is 0.127 e. The molecule has 62 valence electrons. The van der Waals surface area contributed by atoms with Crippen LogP contribution in [0.2, 0.25) is 0 Å². The van der Waals surface area contributed by atoms with Crippen molar-refractivity contribution in [3.8, 4) is 0 Å². The quantitative estimate of drug-likeness (QED) is 0.665. The Morgan fingerprint density at radius 3 is 2.55 bits per heavy atom. The van der Waals surface area contributed by atoms with Crippen LogP contribution in [-0.2, 0) is 12.0 Å². The maximum atomic E-state index is 5.47. The molecule has 0 spiro atoms. The Hall–Kier alpha value is -0.830. The summed E-state index contributed by atoms with van der Waals surface area (Å²) in [5, 5.41) is 3.80. The number of rotatable bonds is 1. The van der Waals surface area contributed by atoms with E-state index in [-0.39, 0.29) is 5.41 Å². The van der Waals surface area contributed by atoms with E-state index in [1.807, 2.05) is 0 Å². The van der Waals surface area contributed by atoms with Crippen molar-refractivity contribution in [1.29, 1.82) is 0 Å². The molecule has 0 saturated carbocycles. The van der Waals surface area contributed by atoms with E-state index in [1.54, 1.807) is 6.26 Å². The van der Waals surface area contributed by atoms with Gasteiger partial charge in [0.2, 0.25) is 0 Å². The molecule has 0 amide bonds. The lowest BCUT2D eigenvalue weighted by molar-refractivity contribution is 0.410. The van der Waals surface area contributed by atoms with Gasteiger partial charge in [0.25, 0.3) is 0 Å². The molecular weight excluding hydrogens is 140 g/mol. The van der Waals surface area contributed by atoms with Crippen LogP contribution in [0.15, 0.2) is 10.8 Å². The molecule has 0 aliphatic carbocycles. The fraction of sp³-hybridized carbons (Fsp3) is 0.625. The summed E-state index contributed by atoms with van der Waals surface area (Å²) in [6, 6.07) is 0. The van der Waals surface area contributed by atoms with Crippen LogP contribution in [-0.4, -0.2) is 5.16 Å². The molecule has 3 nitrogen and oxygen atoms in total. The molecule has 1 aromatic heterocycles. The fourth-order valence-electron chi connectivity index (χ4n) is 1.02. The molecule has 0 unspecified atom stereocenters. The van der Waals surface area contributed by atoms with E-state index in [1.165, 1.54) is 0 Å². The number of nitrogens with two attached hydrogens (primary N) is 1. The Labute approximate surface area is 66.6 Å². The normalized spacial score (nSPS) is 12.0. The smallest absolute Gasteiger partial charge is 0.127 e. The molecule has 11 heavy (non-hydrogen) atoms. The molecule has 1 heterocycles. The molecule has 0 aliphatic rings. The molecule has 0 bridgehead atoms. The highest BCUT2D eigenvalue weighted by atomic mass is 16.5. The van der Waals surface area contributed by atoms with Gasteiger partial charge < -0.3 is 10.3 Å². The lowest BCUT2D eigenvalue weighted by atomic mass is 9.87. The van der Waals surface area contributed by atoms with E-state index >= 15 is 0 Å². The molecule has 1 rings (SSSR count). The van der Waals surface area contributed by atoms with Crippen molar-refractivity contribution >= 4 is 0 Å². The fourth-order valence-corrected chi connectivity index (χ4v) is 1.02. The summed E-state index contributed by atoms with van der Waals surface area (Å²) >= 11 is 0. The molecule has 0 radical (unpaired) electrons. The highest BCUT2D eigenvalue weighted by Gasteiger charge is 2.20. The first-order valence-electron chi connectivity index (χ1n) is 3.69. The summed E-state index contributed by atoms with van der Waals surface area (Å²) in [6.45, 7) is 6.78. The molecule has 1 aromatic rings. The van der Waals surface area contributed by atoms with Gasteiger partial charge >= 0.3 is 0 Å². The third-order valence-electron chi connectivity index (χ3n) is 1.65. The van der Waals surface area contributed by atoms with Crippen molar-refractivity contribution in [2.24, 2.45) is 5.73 Å². The minimum atomic E-state index is 0.0781. The summed E-state index contributed by atoms with van der Waals surface area (Å²) in [5.41, 5.74) is 7.50. The number of aromatic nitrogens is 1. The number of hydrogen-bond acceptors (Lipinski definition) is 3. The molecular formula is C8H14N2O. The molecule has 3 heteroatoms. The summed E-state index contributed by atoms with van der Waals surface area (Å²) < 4.78 is 4.83. The third kappa shape index (κ3) is 1.60. The maximum absolute atomic E-state index is 5.47. The molecule has 0 saturated heterocycles. The molecule has 0 atom stereocenters. The van der Waals surface area contributed by atoms with Gasteiger partial charge in [-0.15, -0.1) is 0 Å². The lowest BCUT2D eigenvalue weighted by Crippen LogP contribution is -2.14. The second-order valence-electron chi connectivity index (χ2n) is 3.63. The van der Waals surface area contributed by atoms with E-state index < -0.39 is 0 Å². The van der Waals surface area contributed by atoms with Crippen LogP contribution in [0.5, 0.6) is 0 Å². The van der Waals surface area contributed by atoms with Crippen LogP contribution in [0.1, 0.15) is 32.0 Å². The predicted molar refractivity (Wildman–Crippen MR) is 43.1 cm³/mol. The van der Waals surface area contributed by atoms with Crippen LogP contribution in [0.4, 0.5) is 0 Å². The zero-order valence-electron chi connectivity index (χ0n) is 7.22. The van der Waals surface area contributed by atoms with Crippen molar-refractivity contribution in [3.05, 3.63) is 17.5 Å². The minimum absolute atomic E-state index is 0.0781. The van der Waals surface area contributed by atoms with Gasteiger partial charge in [-0.1, -0.05) is 25.9 Å². The minimum Gasteiger partial charge on any atom is -0.364 e. The number of hydrogen-bond donors (Lipinski definition) is 1. The van der Waals surface area contributed by atoms with Gasteiger partial charge in [-0.05, 0) is 5.41 Å². The lowest BCUT2D eigenvalue weighted by Gasteiger charge is -2.16. The van der Waals surface area contributed by atoms with E-state index in [4.69, 9.17) is 10.3 Å². The zero-order chi connectivity index (χ0) is 8.48. The van der Waals surface area contributed by atoms with Gasteiger partial charge in [0.15, 0.2) is 0 Å². The molecule has 2 N–H and O–H groups in total. The highest BCUT2D eigenvalue weighted by molar-refractivity contribution is 5.22. The van der Waals surface area contributed by atoms with E-state index in [9.17, 15) is 0 Å². The summed E-state index contributed by atoms with van der Waals surface area (Å²) in [6.07, 6.45) is 1.67. The van der Waals surface area contributed by atoms with Gasteiger partial charge in [-0.25, -0.2) is 0 Å².